The Kier molecular flexibility index (Phi) is 10.0. The first-order valence-corrected chi connectivity index (χ1v) is 5.24. The third-order valence-corrected chi connectivity index (χ3v) is 1.91. The number of carbonyl (C=O) groups is 1. The lowest BCUT2D eigenvalue weighted by Crippen LogP contribution is -2.09. The summed E-state index contributed by atoms with van der Waals surface area (Å²) in [6, 6.07) is 0. The number of ether oxygens (including phenoxy) is 1. The van der Waals surface area contributed by atoms with Crippen LogP contribution in [-0.2, 0) is 9.53 Å². The van der Waals surface area contributed by atoms with Gasteiger partial charge in [-0.05, 0) is 25.7 Å². The normalized spacial score (nSPS) is 10.4. The first kappa shape index (κ1) is 13.4. The number of carbonyl (C=O) groups excluding carboxylic acids is 1. The fraction of sp³-hybridized carbons (Fsp3) is 0.900. The van der Waals surface area contributed by atoms with Crippen molar-refractivity contribution >= 4 is 5.91 Å². The molecule has 4 nitrogen and oxygen atoms in total. The third kappa shape index (κ3) is 11.4. The minimum Gasteiger partial charge on any atom is -0.396 e. The Balaban J connectivity index is 2.88. The Bertz CT molecular complexity index is 139. The van der Waals surface area contributed by atoms with Gasteiger partial charge >= 0.3 is 0 Å². The number of primary amides is 1. The van der Waals surface area contributed by atoms with E-state index in [9.17, 15) is 4.79 Å². The molecule has 84 valence electrons. The summed E-state index contributed by atoms with van der Waals surface area (Å²) in [4.78, 5) is 10.4. The summed E-state index contributed by atoms with van der Waals surface area (Å²) in [5.74, 6) is -0.228. The minimum atomic E-state index is -0.228. The molecule has 0 saturated heterocycles. The number of unbranched alkanes of at least 4 members (excludes halogenated alkanes) is 3. The highest BCUT2D eigenvalue weighted by atomic mass is 16.5. The van der Waals surface area contributed by atoms with Crippen molar-refractivity contribution in [1.82, 2.24) is 0 Å². The summed E-state index contributed by atoms with van der Waals surface area (Å²) < 4.78 is 5.32. The first-order valence-electron chi connectivity index (χ1n) is 5.24. The van der Waals surface area contributed by atoms with Crippen LogP contribution in [0.5, 0.6) is 0 Å². The Morgan fingerprint density at radius 3 is 2.29 bits per heavy atom. The largest absolute Gasteiger partial charge is 0.396 e. The zero-order chi connectivity index (χ0) is 10.6. The second kappa shape index (κ2) is 10.5. The van der Waals surface area contributed by atoms with Gasteiger partial charge in [0.05, 0.1) is 0 Å². The molecule has 0 atom stereocenters. The number of amides is 1. The molecule has 0 bridgehead atoms. The fourth-order valence-corrected chi connectivity index (χ4v) is 1.10. The van der Waals surface area contributed by atoms with Gasteiger partial charge in [-0.25, -0.2) is 0 Å². The Hall–Kier alpha value is -0.610. The molecule has 0 aliphatic heterocycles. The lowest BCUT2D eigenvalue weighted by Gasteiger charge is -2.02. The van der Waals surface area contributed by atoms with Crippen LogP contribution in [0.1, 0.15) is 38.5 Å². The van der Waals surface area contributed by atoms with Gasteiger partial charge in [-0.3, -0.25) is 4.79 Å². The van der Waals surface area contributed by atoms with E-state index in [4.69, 9.17) is 15.6 Å². The Morgan fingerprint density at radius 1 is 1.07 bits per heavy atom. The van der Waals surface area contributed by atoms with Crippen molar-refractivity contribution in [3.63, 3.8) is 0 Å². The van der Waals surface area contributed by atoms with Crippen LogP contribution in [0.25, 0.3) is 0 Å². The Labute approximate surface area is 85.4 Å². The predicted octanol–water partition coefficient (Wildman–Crippen LogP) is 0.821. The topological polar surface area (TPSA) is 72.6 Å². The average molecular weight is 203 g/mol. The van der Waals surface area contributed by atoms with Crippen LogP contribution in [0.3, 0.4) is 0 Å². The standard InChI is InChI=1S/C10H21NO3/c11-10(13)6-2-1-4-8-14-9-5-3-7-12/h12H,1-9H2,(H2,11,13). The maximum absolute atomic E-state index is 10.4. The van der Waals surface area contributed by atoms with Crippen LogP contribution >= 0.6 is 0 Å². The van der Waals surface area contributed by atoms with E-state index < -0.39 is 0 Å². The summed E-state index contributed by atoms with van der Waals surface area (Å²) in [7, 11) is 0. The molecule has 0 heterocycles. The van der Waals surface area contributed by atoms with Gasteiger partial charge in [0.2, 0.25) is 5.91 Å². The van der Waals surface area contributed by atoms with Crippen LogP contribution in [0, 0.1) is 0 Å². The lowest BCUT2D eigenvalue weighted by molar-refractivity contribution is -0.118. The third-order valence-electron chi connectivity index (χ3n) is 1.91. The van der Waals surface area contributed by atoms with Crippen molar-refractivity contribution in [3.05, 3.63) is 0 Å². The fourth-order valence-electron chi connectivity index (χ4n) is 1.10. The predicted molar refractivity (Wildman–Crippen MR) is 54.8 cm³/mol. The zero-order valence-electron chi connectivity index (χ0n) is 8.71. The van der Waals surface area contributed by atoms with Crippen LogP contribution in [0.15, 0.2) is 0 Å². The SMILES string of the molecule is NC(=O)CCCCCOCCCCO. The van der Waals surface area contributed by atoms with Gasteiger partial charge in [-0.1, -0.05) is 6.42 Å². The van der Waals surface area contributed by atoms with E-state index in [1.807, 2.05) is 0 Å². The van der Waals surface area contributed by atoms with Gasteiger partial charge in [-0.15, -0.1) is 0 Å². The Morgan fingerprint density at radius 2 is 1.71 bits per heavy atom. The van der Waals surface area contributed by atoms with Crippen molar-refractivity contribution in [3.8, 4) is 0 Å². The number of rotatable bonds is 10. The van der Waals surface area contributed by atoms with Crippen molar-refractivity contribution in [2.24, 2.45) is 5.73 Å². The number of nitrogens with two attached hydrogens (primary N) is 1. The molecule has 14 heavy (non-hydrogen) atoms. The van der Waals surface area contributed by atoms with E-state index >= 15 is 0 Å². The molecule has 0 fully saturated rings. The van der Waals surface area contributed by atoms with Crippen molar-refractivity contribution < 1.29 is 14.6 Å². The molecule has 0 aliphatic carbocycles. The second-order valence-electron chi connectivity index (χ2n) is 3.32. The average Bonchev–Trinajstić information content (AvgIpc) is 2.15. The quantitative estimate of drug-likeness (QED) is 0.516. The summed E-state index contributed by atoms with van der Waals surface area (Å²) >= 11 is 0. The van der Waals surface area contributed by atoms with Crippen LogP contribution < -0.4 is 5.73 Å². The molecule has 0 aliphatic rings. The van der Waals surface area contributed by atoms with E-state index in [1.165, 1.54) is 0 Å². The molecule has 1 amide bonds. The molecular formula is C10H21NO3. The molecule has 4 heteroatoms. The zero-order valence-corrected chi connectivity index (χ0v) is 8.71. The molecular weight excluding hydrogens is 182 g/mol. The van der Waals surface area contributed by atoms with E-state index in [0.29, 0.717) is 6.42 Å². The molecule has 0 aromatic carbocycles. The van der Waals surface area contributed by atoms with Crippen LogP contribution in [0.4, 0.5) is 0 Å². The van der Waals surface area contributed by atoms with Gasteiger partial charge < -0.3 is 15.6 Å². The molecule has 0 saturated carbocycles. The maximum atomic E-state index is 10.4. The highest BCUT2D eigenvalue weighted by Gasteiger charge is 1.94. The minimum absolute atomic E-state index is 0.228. The summed E-state index contributed by atoms with van der Waals surface area (Å²) in [6.07, 6.45) is 5.02. The number of hydrogen-bond acceptors (Lipinski definition) is 3. The summed E-state index contributed by atoms with van der Waals surface area (Å²) in [5.41, 5.74) is 4.99. The monoisotopic (exact) mass is 203 g/mol. The smallest absolute Gasteiger partial charge is 0.217 e. The molecule has 3 N–H and O–H groups in total. The second-order valence-corrected chi connectivity index (χ2v) is 3.32. The molecule has 0 rings (SSSR count). The van der Waals surface area contributed by atoms with Gasteiger partial charge in [0.1, 0.15) is 0 Å². The van der Waals surface area contributed by atoms with Gasteiger partial charge in [-0.2, -0.15) is 0 Å². The summed E-state index contributed by atoms with van der Waals surface area (Å²) in [5, 5.41) is 8.49. The van der Waals surface area contributed by atoms with E-state index in [-0.39, 0.29) is 12.5 Å². The molecule has 0 unspecified atom stereocenters. The first-order chi connectivity index (χ1) is 6.77. The van der Waals surface area contributed by atoms with Crippen molar-refractivity contribution in [1.29, 1.82) is 0 Å². The number of hydrogen-bond donors (Lipinski definition) is 2. The molecule has 0 radical (unpaired) electrons. The highest BCUT2D eigenvalue weighted by Crippen LogP contribution is 1.99. The van der Waals surface area contributed by atoms with E-state index in [2.05, 4.69) is 0 Å². The lowest BCUT2D eigenvalue weighted by atomic mass is 10.2. The van der Waals surface area contributed by atoms with Gasteiger partial charge in [0.15, 0.2) is 0 Å². The van der Waals surface area contributed by atoms with Crippen molar-refractivity contribution in [2.45, 2.75) is 38.5 Å². The summed E-state index contributed by atoms with van der Waals surface area (Å²) in [6.45, 7) is 1.70. The molecule has 0 aromatic heterocycles. The molecule has 0 spiro atoms. The van der Waals surface area contributed by atoms with Gasteiger partial charge in [0.25, 0.3) is 0 Å². The highest BCUT2D eigenvalue weighted by molar-refractivity contribution is 5.73. The van der Waals surface area contributed by atoms with E-state index in [1.54, 1.807) is 0 Å². The van der Waals surface area contributed by atoms with E-state index in [0.717, 1.165) is 45.3 Å². The van der Waals surface area contributed by atoms with Crippen molar-refractivity contribution in [2.75, 3.05) is 19.8 Å². The van der Waals surface area contributed by atoms with Crippen LogP contribution in [-0.4, -0.2) is 30.8 Å². The van der Waals surface area contributed by atoms with Crippen LogP contribution in [0.2, 0.25) is 0 Å². The maximum Gasteiger partial charge on any atom is 0.217 e. The van der Waals surface area contributed by atoms with Gasteiger partial charge in [0, 0.05) is 26.2 Å². The number of aliphatic hydroxyl groups excluding tert-OH is 1. The molecule has 0 aromatic rings. The number of aliphatic hydroxyl groups is 1.